The Morgan fingerprint density at radius 1 is 1.77 bits per heavy atom. The molecule has 0 aromatic carbocycles. The van der Waals surface area contributed by atoms with E-state index < -0.39 is 0 Å². The van der Waals surface area contributed by atoms with E-state index in [1.165, 1.54) is 0 Å². The van der Waals surface area contributed by atoms with E-state index in [0.717, 1.165) is 37.6 Å². The number of hydrogen-bond acceptors (Lipinski definition) is 4. The molecule has 72 valence electrons. The highest BCUT2D eigenvalue weighted by atomic mass is 16.3. The monoisotopic (exact) mass is 181 g/mol. The minimum atomic E-state index is 0.330. The molecule has 0 saturated carbocycles. The molecule has 4 heteroatoms. The number of oxazole rings is 1. The fourth-order valence-electron chi connectivity index (χ4n) is 1.67. The lowest BCUT2D eigenvalue weighted by molar-refractivity contribution is 0.287. The smallest absolute Gasteiger partial charge is 0.208 e. The van der Waals surface area contributed by atoms with Crippen molar-refractivity contribution < 1.29 is 4.42 Å². The third-order valence-corrected chi connectivity index (χ3v) is 2.33. The van der Waals surface area contributed by atoms with Gasteiger partial charge in [0.1, 0.15) is 6.26 Å². The molecular formula is C9H15N3O. The van der Waals surface area contributed by atoms with Gasteiger partial charge in [0.05, 0.1) is 12.2 Å². The second-order valence-corrected chi connectivity index (χ2v) is 3.67. The predicted molar refractivity (Wildman–Crippen MR) is 49.1 cm³/mol. The van der Waals surface area contributed by atoms with Crippen LogP contribution in [0.15, 0.2) is 10.7 Å². The molecule has 1 aromatic rings. The molecule has 2 rings (SSSR count). The number of rotatable bonds is 2. The molecule has 1 aliphatic rings. The van der Waals surface area contributed by atoms with E-state index in [4.69, 9.17) is 10.2 Å². The molecule has 0 spiro atoms. The molecular weight excluding hydrogens is 166 g/mol. The minimum Gasteiger partial charge on any atom is -0.447 e. The van der Waals surface area contributed by atoms with Crippen LogP contribution in [0.4, 0.5) is 0 Å². The molecule has 1 atom stereocenters. The molecule has 0 amide bonds. The van der Waals surface area contributed by atoms with E-state index in [2.05, 4.69) is 9.88 Å². The summed E-state index contributed by atoms with van der Waals surface area (Å²) >= 11 is 0. The van der Waals surface area contributed by atoms with Crippen molar-refractivity contribution in [2.75, 3.05) is 13.1 Å². The summed E-state index contributed by atoms with van der Waals surface area (Å²) in [5.41, 5.74) is 6.73. The standard InChI is InChI=1S/C9H15N3O/c1-7-6-13-9(11-7)5-12-3-2-8(10)4-12/h6,8H,2-5,10H2,1H3. The Morgan fingerprint density at radius 2 is 2.62 bits per heavy atom. The van der Waals surface area contributed by atoms with Crippen LogP contribution in [-0.2, 0) is 6.54 Å². The summed E-state index contributed by atoms with van der Waals surface area (Å²) in [6.07, 6.45) is 2.77. The van der Waals surface area contributed by atoms with Gasteiger partial charge >= 0.3 is 0 Å². The number of hydrogen-bond donors (Lipinski definition) is 1. The first-order chi connectivity index (χ1) is 6.24. The van der Waals surface area contributed by atoms with Gasteiger partial charge in [-0.25, -0.2) is 4.98 Å². The lowest BCUT2D eigenvalue weighted by atomic mass is 10.3. The van der Waals surface area contributed by atoms with Crippen molar-refractivity contribution in [3.05, 3.63) is 17.8 Å². The molecule has 13 heavy (non-hydrogen) atoms. The van der Waals surface area contributed by atoms with E-state index in [-0.39, 0.29) is 0 Å². The number of nitrogens with two attached hydrogens (primary N) is 1. The van der Waals surface area contributed by atoms with E-state index in [1.807, 2.05) is 6.92 Å². The quantitative estimate of drug-likeness (QED) is 0.722. The van der Waals surface area contributed by atoms with E-state index in [9.17, 15) is 0 Å². The van der Waals surface area contributed by atoms with Gasteiger partial charge in [-0.2, -0.15) is 0 Å². The molecule has 0 bridgehead atoms. The van der Waals surface area contributed by atoms with E-state index in [1.54, 1.807) is 6.26 Å². The second-order valence-electron chi connectivity index (χ2n) is 3.67. The van der Waals surface area contributed by atoms with Gasteiger partial charge < -0.3 is 10.2 Å². The van der Waals surface area contributed by atoms with Crippen molar-refractivity contribution in [3.63, 3.8) is 0 Å². The predicted octanol–water partition coefficient (Wildman–Crippen LogP) is 0.516. The van der Waals surface area contributed by atoms with E-state index >= 15 is 0 Å². The van der Waals surface area contributed by atoms with Crippen LogP contribution in [0, 0.1) is 6.92 Å². The molecule has 4 nitrogen and oxygen atoms in total. The average molecular weight is 181 g/mol. The van der Waals surface area contributed by atoms with Crippen molar-refractivity contribution in [3.8, 4) is 0 Å². The maximum Gasteiger partial charge on any atom is 0.208 e. The Hall–Kier alpha value is -0.870. The average Bonchev–Trinajstić information content (AvgIpc) is 2.62. The second kappa shape index (κ2) is 3.47. The van der Waals surface area contributed by atoms with Gasteiger partial charge in [-0.1, -0.05) is 0 Å². The Balaban J connectivity index is 1.91. The first-order valence-corrected chi connectivity index (χ1v) is 4.63. The third kappa shape index (κ3) is 2.08. The van der Waals surface area contributed by atoms with Gasteiger partial charge in [0, 0.05) is 19.1 Å². The lowest BCUT2D eigenvalue weighted by Gasteiger charge is -2.11. The van der Waals surface area contributed by atoms with Crippen LogP contribution in [-0.4, -0.2) is 29.0 Å². The molecule has 1 aliphatic heterocycles. The number of aromatic nitrogens is 1. The first-order valence-electron chi connectivity index (χ1n) is 4.63. The van der Waals surface area contributed by atoms with Crippen molar-refractivity contribution in [1.82, 2.24) is 9.88 Å². The van der Waals surface area contributed by atoms with Gasteiger partial charge in [-0.15, -0.1) is 0 Å². The summed E-state index contributed by atoms with van der Waals surface area (Å²) in [6.45, 7) is 4.74. The largest absolute Gasteiger partial charge is 0.447 e. The Labute approximate surface area is 77.7 Å². The maximum atomic E-state index is 5.79. The van der Waals surface area contributed by atoms with Crippen molar-refractivity contribution in [1.29, 1.82) is 0 Å². The van der Waals surface area contributed by atoms with Crippen LogP contribution >= 0.6 is 0 Å². The molecule has 2 N–H and O–H groups in total. The lowest BCUT2D eigenvalue weighted by Crippen LogP contribution is -2.26. The fraction of sp³-hybridized carbons (Fsp3) is 0.667. The van der Waals surface area contributed by atoms with Gasteiger partial charge in [-0.3, -0.25) is 4.90 Å². The van der Waals surface area contributed by atoms with Gasteiger partial charge in [0.25, 0.3) is 0 Å². The minimum absolute atomic E-state index is 0.330. The highest BCUT2D eigenvalue weighted by Crippen LogP contribution is 2.11. The van der Waals surface area contributed by atoms with Crippen molar-refractivity contribution in [2.24, 2.45) is 5.73 Å². The number of aryl methyl sites for hydroxylation is 1. The summed E-state index contributed by atoms with van der Waals surface area (Å²) < 4.78 is 5.27. The van der Waals surface area contributed by atoms with Crippen LogP contribution in [0.1, 0.15) is 18.0 Å². The maximum absolute atomic E-state index is 5.79. The normalized spacial score (nSPS) is 24.0. The highest BCUT2D eigenvalue weighted by Gasteiger charge is 2.20. The zero-order valence-corrected chi connectivity index (χ0v) is 7.86. The fourth-order valence-corrected chi connectivity index (χ4v) is 1.67. The topological polar surface area (TPSA) is 55.3 Å². The van der Waals surface area contributed by atoms with Gasteiger partial charge in [-0.05, 0) is 13.3 Å². The Morgan fingerprint density at radius 3 is 3.15 bits per heavy atom. The van der Waals surface area contributed by atoms with Crippen molar-refractivity contribution in [2.45, 2.75) is 25.9 Å². The summed E-state index contributed by atoms with van der Waals surface area (Å²) in [4.78, 5) is 6.52. The summed E-state index contributed by atoms with van der Waals surface area (Å²) in [7, 11) is 0. The zero-order chi connectivity index (χ0) is 9.26. The highest BCUT2D eigenvalue weighted by molar-refractivity contribution is 4.93. The SMILES string of the molecule is Cc1coc(CN2CCC(N)C2)n1. The third-order valence-electron chi connectivity index (χ3n) is 2.33. The van der Waals surface area contributed by atoms with Crippen LogP contribution in [0.25, 0.3) is 0 Å². The Kier molecular flexibility index (Phi) is 2.33. The first kappa shape index (κ1) is 8.72. The molecule has 1 saturated heterocycles. The van der Waals surface area contributed by atoms with Crippen LogP contribution in [0.2, 0.25) is 0 Å². The molecule has 1 aromatic heterocycles. The zero-order valence-electron chi connectivity index (χ0n) is 7.86. The molecule has 0 aliphatic carbocycles. The molecule has 0 radical (unpaired) electrons. The van der Waals surface area contributed by atoms with E-state index in [0.29, 0.717) is 6.04 Å². The summed E-state index contributed by atoms with van der Waals surface area (Å²) in [6, 6.07) is 0.330. The van der Waals surface area contributed by atoms with Crippen molar-refractivity contribution >= 4 is 0 Å². The molecule has 2 heterocycles. The summed E-state index contributed by atoms with van der Waals surface area (Å²) in [5.74, 6) is 0.798. The van der Waals surface area contributed by atoms with Crippen LogP contribution in [0.3, 0.4) is 0 Å². The van der Waals surface area contributed by atoms with Crippen LogP contribution in [0.5, 0.6) is 0 Å². The molecule has 1 unspecified atom stereocenters. The van der Waals surface area contributed by atoms with Gasteiger partial charge in [0.15, 0.2) is 0 Å². The summed E-state index contributed by atoms with van der Waals surface area (Å²) in [5, 5.41) is 0. The van der Waals surface area contributed by atoms with Crippen LogP contribution < -0.4 is 5.73 Å². The number of nitrogens with zero attached hydrogens (tertiary/aromatic N) is 2. The van der Waals surface area contributed by atoms with Gasteiger partial charge in [0.2, 0.25) is 5.89 Å². The number of likely N-dealkylation sites (tertiary alicyclic amines) is 1. The molecule has 1 fully saturated rings. The Bertz CT molecular complexity index is 284.